The fourth-order valence-corrected chi connectivity index (χ4v) is 4.17. The predicted molar refractivity (Wildman–Crippen MR) is 130 cm³/mol. The van der Waals surface area contributed by atoms with Crippen molar-refractivity contribution in [1.82, 2.24) is 20.3 Å². The summed E-state index contributed by atoms with van der Waals surface area (Å²) in [5, 5.41) is 6.97. The molecule has 3 heterocycles. The largest absolute Gasteiger partial charge is 0.454 e. The summed E-state index contributed by atoms with van der Waals surface area (Å²) in [5.74, 6) is 2.35. The lowest BCUT2D eigenvalue weighted by Gasteiger charge is -2.16. The Labute approximate surface area is 197 Å². The minimum atomic E-state index is -0.110. The van der Waals surface area contributed by atoms with E-state index in [1.165, 1.54) is 0 Å². The molecule has 0 bridgehead atoms. The molecule has 0 spiro atoms. The number of fused-ring (bicyclic) bond motifs is 2. The van der Waals surface area contributed by atoms with Gasteiger partial charge in [-0.1, -0.05) is 25.1 Å². The van der Waals surface area contributed by atoms with Gasteiger partial charge < -0.3 is 20.1 Å². The number of carbonyl (C=O) groups is 1. The minimum Gasteiger partial charge on any atom is -0.454 e. The van der Waals surface area contributed by atoms with Crippen molar-refractivity contribution in [1.29, 1.82) is 0 Å². The second kappa shape index (κ2) is 9.35. The van der Waals surface area contributed by atoms with Gasteiger partial charge in [-0.3, -0.25) is 9.78 Å². The van der Waals surface area contributed by atoms with Crippen molar-refractivity contribution in [3.05, 3.63) is 72.2 Å². The second-order valence-corrected chi connectivity index (χ2v) is 8.15. The Morgan fingerprint density at radius 3 is 2.82 bits per heavy atom. The van der Waals surface area contributed by atoms with Crippen LogP contribution in [0.15, 0.2) is 61.1 Å². The van der Waals surface area contributed by atoms with Crippen molar-refractivity contribution in [2.45, 2.75) is 19.3 Å². The van der Waals surface area contributed by atoms with E-state index in [0.717, 1.165) is 58.0 Å². The molecule has 0 aliphatic carbocycles. The third-order valence-corrected chi connectivity index (χ3v) is 6.02. The number of amides is 1. The topological polar surface area (TPSA) is 98.3 Å². The molecule has 0 saturated heterocycles. The molecule has 1 unspecified atom stereocenters. The Kier molecular flexibility index (Phi) is 5.95. The number of hydrogen-bond donors (Lipinski definition) is 2. The van der Waals surface area contributed by atoms with Gasteiger partial charge in [-0.2, -0.15) is 0 Å². The van der Waals surface area contributed by atoms with E-state index in [-0.39, 0.29) is 18.6 Å². The summed E-state index contributed by atoms with van der Waals surface area (Å²) in [4.78, 5) is 25.6. The van der Waals surface area contributed by atoms with Gasteiger partial charge in [0.15, 0.2) is 11.5 Å². The maximum atomic E-state index is 12.2. The summed E-state index contributed by atoms with van der Waals surface area (Å²) >= 11 is 0. The van der Waals surface area contributed by atoms with E-state index in [4.69, 9.17) is 9.47 Å². The van der Waals surface area contributed by atoms with E-state index in [2.05, 4.69) is 38.6 Å². The molecule has 2 aromatic carbocycles. The van der Waals surface area contributed by atoms with E-state index in [1.807, 2.05) is 36.4 Å². The maximum absolute atomic E-state index is 12.2. The summed E-state index contributed by atoms with van der Waals surface area (Å²) in [6, 6.07) is 15.5. The standard InChI is InChI=1S/C26H25N5O3/c1-16(18-4-3-5-19-20(26(32)27-2)9-11-29-25(18)19)8-10-28-24-13-21(30-14-31-24)17-6-7-22-23(12-17)34-15-33-22/h3-7,9,11-14,16H,8,10,15H2,1-2H3,(H,27,32)(H,28,30,31). The quantitative estimate of drug-likeness (QED) is 0.427. The summed E-state index contributed by atoms with van der Waals surface area (Å²) in [5.41, 5.74) is 4.37. The number of pyridine rings is 1. The zero-order chi connectivity index (χ0) is 23.5. The third-order valence-electron chi connectivity index (χ3n) is 6.02. The molecule has 0 radical (unpaired) electrons. The molecular weight excluding hydrogens is 430 g/mol. The van der Waals surface area contributed by atoms with Crippen LogP contribution in [0.4, 0.5) is 5.82 Å². The lowest BCUT2D eigenvalue weighted by Crippen LogP contribution is -2.18. The number of benzene rings is 2. The van der Waals surface area contributed by atoms with Gasteiger partial charge in [-0.25, -0.2) is 9.97 Å². The molecule has 1 atom stereocenters. The van der Waals surface area contributed by atoms with Crippen LogP contribution in [0.5, 0.6) is 11.5 Å². The first-order valence-corrected chi connectivity index (χ1v) is 11.2. The minimum absolute atomic E-state index is 0.110. The van der Waals surface area contributed by atoms with E-state index in [1.54, 1.807) is 25.6 Å². The van der Waals surface area contributed by atoms with Gasteiger partial charge in [-0.15, -0.1) is 0 Å². The summed E-state index contributed by atoms with van der Waals surface area (Å²) in [7, 11) is 1.64. The highest BCUT2D eigenvalue weighted by Gasteiger charge is 2.16. The van der Waals surface area contributed by atoms with Crippen LogP contribution >= 0.6 is 0 Å². The monoisotopic (exact) mass is 455 g/mol. The number of nitrogens with zero attached hydrogens (tertiary/aromatic N) is 3. The average molecular weight is 456 g/mol. The van der Waals surface area contributed by atoms with Crippen LogP contribution in [0.25, 0.3) is 22.2 Å². The van der Waals surface area contributed by atoms with Crippen LogP contribution in [0.3, 0.4) is 0 Å². The number of carbonyl (C=O) groups excluding carboxylic acids is 1. The van der Waals surface area contributed by atoms with Gasteiger partial charge in [0.25, 0.3) is 5.91 Å². The van der Waals surface area contributed by atoms with Gasteiger partial charge in [0, 0.05) is 36.8 Å². The Morgan fingerprint density at radius 2 is 1.94 bits per heavy atom. The second-order valence-electron chi connectivity index (χ2n) is 8.15. The molecule has 8 heteroatoms. The van der Waals surface area contributed by atoms with Gasteiger partial charge in [0.1, 0.15) is 12.1 Å². The van der Waals surface area contributed by atoms with Crippen molar-refractivity contribution in [3.63, 3.8) is 0 Å². The smallest absolute Gasteiger partial charge is 0.251 e. The van der Waals surface area contributed by atoms with Gasteiger partial charge in [0.2, 0.25) is 6.79 Å². The molecule has 0 fully saturated rings. The highest BCUT2D eigenvalue weighted by atomic mass is 16.7. The van der Waals surface area contributed by atoms with E-state index in [9.17, 15) is 4.79 Å². The van der Waals surface area contributed by atoms with Crippen molar-refractivity contribution in [2.75, 3.05) is 25.7 Å². The number of hydrogen-bond acceptors (Lipinski definition) is 7. The number of anilines is 1. The number of ether oxygens (including phenoxy) is 2. The zero-order valence-electron chi connectivity index (χ0n) is 19.0. The van der Waals surface area contributed by atoms with E-state index < -0.39 is 0 Å². The summed E-state index contributed by atoms with van der Waals surface area (Å²) in [6.07, 6.45) is 4.12. The number of aromatic nitrogens is 3. The number of nitrogens with one attached hydrogen (secondary N) is 2. The Morgan fingerprint density at radius 1 is 1.06 bits per heavy atom. The first-order valence-electron chi connectivity index (χ1n) is 11.2. The van der Waals surface area contributed by atoms with Gasteiger partial charge in [-0.05, 0) is 42.2 Å². The van der Waals surface area contributed by atoms with Crippen LogP contribution in [-0.2, 0) is 0 Å². The Hall–Kier alpha value is -4.20. The predicted octanol–water partition coefficient (Wildman–Crippen LogP) is 4.39. The van der Waals surface area contributed by atoms with Crippen molar-refractivity contribution < 1.29 is 14.3 Å². The number of rotatable bonds is 7. The molecular formula is C26H25N5O3. The van der Waals surface area contributed by atoms with Crippen LogP contribution in [0.2, 0.25) is 0 Å². The zero-order valence-corrected chi connectivity index (χ0v) is 19.0. The average Bonchev–Trinajstić information content (AvgIpc) is 3.35. The molecule has 1 aliphatic heterocycles. The Bertz CT molecular complexity index is 1360. The van der Waals surface area contributed by atoms with Crippen LogP contribution in [0, 0.1) is 0 Å². The molecule has 2 N–H and O–H groups in total. The molecule has 172 valence electrons. The SMILES string of the molecule is CNC(=O)c1ccnc2c(C(C)CCNc3cc(-c4ccc5c(c4)OCO5)ncn3)cccc12. The van der Waals surface area contributed by atoms with E-state index >= 15 is 0 Å². The van der Waals surface area contributed by atoms with Crippen LogP contribution < -0.4 is 20.1 Å². The summed E-state index contributed by atoms with van der Waals surface area (Å²) in [6.45, 7) is 3.14. The van der Waals surface area contributed by atoms with Crippen molar-refractivity contribution in [3.8, 4) is 22.8 Å². The third kappa shape index (κ3) is 4.22. The van der Waals surface area contributed by atoms with Gasteiger partial charge >= 0.3 is 0 Å². The lowest BCUT2D eigenvalue weighted by molar-refractivity contribution is 0.0964. The maximum Gasteiger partial charge on any atom is 0.251 e. The molecule has 1 aliphatic rings. The van der Waals surface area contributed by atoms with Crippen molar-refractivity contribution >= 4 is 22.6 Å². The fraction of sp³-hybridized carbons (Fsp3) is 0.231. The molecule has 4 aromatic rings. The van der Waals surface area contributed by atoms with Crippen molar-refractivity contribution in [2.24, 2.45) is 0 Å². The molecule has 0 saturated carbocycles. The first-order chi connectivity index (χ1) is 16.6. The molecule has 34 heavy (non-hydrogen) atoms. The van der Waals surface area contributed by atoms with Gasteiger partial charge in [0.05, 0.1) is 16.8 Å². The van der Waals surface area contributed by atoms with Crippen LogP contribution in [0.1, 0.15) is 35.2 Å². The molecule has 8 nitrogen and oxygen atoms in total. The first kappa shape index (κ1) is 21.6. The molecule has 2 aromatic heterocycles. The summed E-state index contributed by atoms with van der Waals surface area (Å²) < 4.78 is 10.9. The molecule has 1 amide bonds. The normalized spacial score (nSPS) is 13.0. The van der Waals surface area contributed by atoms with E-state index in [0.29, 0.717) is 5.56 Å². The number of para-hydroxylation sites is 1. The lowest BCUT2D eigenvalue weighted by atomic mass is 9.94. The van der Waals surface area contributed by atoms with Crippen LogP contribution in [-0.4, -0.2) is 41.2 Å². The highest BCUT2D eigenvalue weighted by Crippen LogP contribution is 2.35. The Balaban J connectivity index is 1.28. The highest BCUT2D eigenvalue weighted by molar-refractivity contribution is 6.06. The molecule has 5 rings (SSSR count). The fourth-order valence-electron chi connectivity index (χ4n) is 4.17.